The van der Waals surface area contributed by atoms with E-state index in [2.05, 4.69) is 15.8 Å². The van der Waals surface area contributed by atoms with Crippen LogP contribution in [0.3, 0.4) is 0 Å². The van der Waals surface area contributed by atoms with Crippen LogP contribution in [0.25, 0.3) is 142 Å². The van der Waals surface area contributed by atoms with Crippen molar-refractivity contribution >= 4 is 99.1 Å². The second kappa shape index (κ2) is 25.0. The maximum Gasteiger partial charge on any atom is 0.232 e. The van der Waals surface area contributed by atoms with Crippen LogP contribution in [-0.2, 0) is 28.2 Å². The standard InChI is InChI=1S/4C20H14FN2O/c1-12-8-14-15-9-16(21)17(22-2)11-20(15)24-19(14)10-13(12)18-6-4-5-7-23(18)3;1-12-8-15-16-9-13(21)10-17(22-2)20(16)24-19(15)11-14(12)18-6-4-5-7-23(18)3;1-12-6-7-13-19-14(11-22)15(21)8-9-17(19)24-20(13)18(12)16-5-3-4-10-23(16)2;1-12-9-13(11-22)19-15-10-14(21)6-7-17(15)24-20(19)18(12)16-5-3-4-8-23(16)2/h2*4-11H,1,3H3;2*3-10H,1-2H3/q4*+1. The summed E-state index contributed by atoms with van der Waals surface area (Å²) < 4.78 is 87.5. The van der Waals surface area contributed by atoms with E-state index in [0.717, 1.165) is 83.4 Å². The molecule has 0 bridgehead atoms. The molecule has 0 radical (unpaired) electrons. The summed E-state index contributed by atoms with van der Waals surface area (Å²) in [5.41, 5.74) is 17.7. The Morgan fingerprint density at radius 3 is 1.46 bits per heavy atom. The molecule has 0 aliphatic carbocycles. The summed E-state index contributed by atoms with van der Waals surface area (Å²) in [6.45, 7) is 22.3. The van der Waals surface area contributed by atoms with Gasteiger partial charge >= 0.3 is 0 Å². The minimum atomic E-state index is -0.528. The molecular weight excluding hydrogens is 1210 g/mol. The number of benzene rings is 8. The summed E-state index contributed by atoms with van der Waals surface area (Å²) in [6.07, 6.45) is 7.91. The molecule has 16 rings (SSSR count). The molecule has 0 N–H and O–H groups in total. The van der Waals surface area contributed by atoms with Crippen molar-refractivity contribution in [3.8, 4) is 57.2 Å². The van der Waals surface area contributed by atoms with Gasteiger partial charge in [0.2, 0.25) is 34.2 Å². The van der Waals surface area contributed by atoms with Gasteiger partial charge in [-0.15, -0.1) is 0 Å². The van der Waals surface area contributed by atoms with Crippen LogP contribution >= 0.6 is 0 Å². The number of fused-ring (bicyclic) bond motifs is 12. The van der Waals surface area contributed by atoms with E-state index in [0.29, 0.717) is 77.2 Å². The van der Waals surface area contributed by atoms with Crippen LogP contribution in [0, 0.1) is 86.8 Å². The average Bonchev–Trinajstić information content (AvgIpc) is 1.59. The van der Waals surface area contributed by atoms with Gasteiger partial charge in [-0.1, -0.05) is 12.1 Å². The molecule has 8 heterocycles. The minimum absolute atomic E-state index is 0.0204. The van der Waals surface area contributed by atoms with Gasteiger partial charge in [0.1, 0.15) is 96.6 Å². The number of halogens is 4. The Morgan fingerprint density at radius 1 is 0.375 bits per heavy atom. The van der Waals surface area contributed by atoms with Crippen molar-refractivity contribution in [3.63, 3.8) is 0 Å². The highest BCUT2D eigenvalue weighted by Gasteiger charge is 2.26. The van der Waals surface area contributed by atoms with Gasteiger partial charge in [-0.25, -0.2) is 45.5 Å². The van der Waals surface area contributed by atoms with Crippen molar-refractivity contribution in [1.29, 1.82) is 10.5 Å². The SMILES string of the molecule is Cc1cc(C#N)c2c(oc3ccc(F)cc32)c1-c1cccc[n+]1C.Cc1ccc2c(oc3ccc(F)c(C#N)c32)c1-c1cccc[n+]1C.[C-]#[N+]c1cc(F)cc2c1oc1cc(-c3cccc[n+]3C)c(C)cc12.[C-]#[N+]c1cc2oc3cc(-c4cccc[n+]4C)c(C)cc3c2cc1F. The topological polar surface area (TPSA) is 124 Å². The lowest BCUT2D eigenvalue weighted by Gasteiger charge is -2.06. The first kappa shape index (κ1) is 62.1. The van der Waals surface area contributed by atoms with Crippen LogP contribution in [0.4, 0.5) is 28.9 Å². The number of hydrogen-bond donors (Lipinski definition) is 0. The van der Waals surface area contributed by atoms with Gasteiger partial charge in [0, 0.05) is 91.6 Å². The summed E-state index contributed by atoms with van der Waals surface area (Å²) >= 11 is 0. The second-order valence-corrected chi connectivity index (χ2v) is 23.5. The molecule has 0 aliphatic heterocycles. The molecular formula is C80H56F4N8O4+4. The Kier molecular flexibility index (Phi) is 16.2. The van der Waals surface area contributed by atoms with Gasteiger partial charge in [-0.05, 0) is 159 Å². The zero-order chi connectivity index (χ0) is 67.4. The summed E-state index contributed by atoms with van der Waals surface area (Å²) in [6, 6.07) is 54.5. The Bertz CT molecular complexity index is 6090. The highest BCUT2D eigenvalue weighted by Crippen LogP contribution is 2.43. The van der Waals surface area contributed by atoms with Gasteiger partial charge < -0.3 is 17.7 Å². The van der Waals surface area contributed by atoms with Crippen LogP contribution < -0.4 is 18.3 Å². The molecule has 0 spiro atoms. The Morgan fingerprint density at radius 2 is 0.885 bits per heavy atom. The first-order valence-corrected chi connectivity index (χ1v) is 30.4. The molecule has 0 unspecified atom stereocenters. The van der Waals surface area contributed by atoms with Crippen LogP contribution in [0.5, 0.6) is 0 Å². The minimum Gasteiger partial charge on any atom is -0.467 e. The number of nitrogens with zero attached hydrogens (tertiary/aromatic N) is 8. The lowest BCUT2D eigenvalue weighted by atomic mass is 9.96. The van der Waals surface area contributed by atoms with Crippen molar-refractivity contribution < 1.29 is 53.5 Å². The predicted molar refractivity (Wildman–Crippen MR) is 362 cm³/mol. The summed E-state index contributed by atoms with van der Waals surface area (Å²) in [5, 5.41) is 24.5. The number of aryl methyl sites for hydroxylation is 8. The summed E-state index contributed by atoms with van der Waals surface area (Å²) in [4.78, 5) is 6.58. The molecule has 0 saturated heterocycles. The molecule has 0 fully saturated rings. The van der Waals surface area contributed by atoms with Crippen molar-refractivity contribution in [2.24, 2.45) is 28.2 Å². The number of nitriles is 2. The number of aromatic nitrogens is 4. The van der Waals surface area contributed by atoms with E-state index in [4.69, 9.17) is 30.8 Å². The lowest BCUT2D eigenvalue weighted by Crippen LogP contribution is -2.30. The van der Waals surface area contributed by atoms with E-state index in [1.807, 2.05) is 220 Å². The molecule has 12 nitrogen and oxygen atoms in total. The largest absolute Gasteiger partial charge is 0.467 e. The van der Waals surface area contributed by atoms with Crippen molar-refractivity contribution in [2.75, 3.05) is 0 Å². The zero-order valence-electron chi connectivity index (χ0n) is 53.2. The highest BCUT2D eigenvalue weighted by atomic mass is 19.1. The summed E-state index contributed by atoms with van der Waals surface area (Å²) in [5.74, 6) is -1.81. The molecule has 8 aromatic carbocycles. The van der Waals surface area contributed by atoms with Crippen molar-refractivity contribution in [1.82, 2.24) is 0 Å². The van der Waals surface area contributed by atoms with E-state index in [1.54, 1.807) is 12.1 Å². The maximum atomic E-state index is 14.0. The number of furan rings is 4. The third-order valence-corrected chi connectivity index (χ3v) is 17.4. The molecule has 0 atom stereocenters. The van der Waals surface area contributed by atoms with Crippen LogP contribution in [0.1, 0.15) is 33.4 Å². The van der Waals surface area contributed by atoms with E-state index >= 15 is 0 Å². The average molecular weight is 1270 g/mol. The molecule has 464 valence electrons. The zero-order valence-corrected chi connectivity index (χ0v) is 53.2. The van der Waals surface area contributed by atoms with E-state index < -0.39 is 17.5 Å². The summed E-state index contributed by atoms with van der Waals surface area (Å²) in [7, 11) is 7.91. The van der Waals surface area contributed by atoms with Gasteiger partial charge in [-0.3, -0.25) is 0 Å². The molecule has 8 aromatic heterocycles. The molecule has 16 heteroatoms. The predicted octanol–water partition coefficient (Wildman–Crippen LogP) is 18.9. The molecule has 96 heavy (non-hydrogen) atoms. The Balaban J connectivity index is 0.000000116. The third-order valence-electron chi connectivity index (χ3n) is 17.4. The smallest absolute Gasteiger partial charge is 0.232 e. The van der Waals surface area contributed by atoms with Crippen molar-refractivity contribution in [3.05, 3.63) is 274 Å². The normalized spacial score (nSPS) is 11.1. The van der Waals surface area contributed by atoms with E-state index in [1.165, 1.54) is 42.5 Å². The maximum absolute atomic E-state index is 14.0. The first-order chi connectivity index (χ1) is 46.4. The third kappa shape index (κ3) is 11.0. The molecule has 0 saturated carbocycles. The fraction of sp³-hybridized carbons (Fsp3) is 0.100. The van der Waals surface area contributed by atoms with Gasteiger partial charge in [-0.2, -0.15) is 10.5 Å². The Labute approximate surface area is 547 Å². The Hall–Kier alpha value is -12.8. The van der Waals surface area contributed by atoms with Gasteiger partial charge in [0.05, 0.1) is 52.6 Å². The van der Waals surface area contributed by atoms with E-state index in [9.17, 15) is 28.1 Å². The van der Waals surface area contributed by atoms with Crippen LogP contribution in [-0.4, -0.2) is 0 Å². The van der Waals surface area contributed by atoms with Crippen LogP contribution in [0.2, 0.25) is 0 Å². The van der Waals surface area contributed by atoms with Crippen LogP contribution in [0.15, 0.2) is 212 Å². The van der Waals surface area contributed by atoms with Gasteiger partial charge in [0.15, 0.2) is 30.4 Å². The molecule has 16 aromatic rings. The quantitative estimate of drug-likeness (QED) is 0.0982. The number of pyridine rings is 4. The number of rotatable bonds is 4. The first-order valence-electron chi connectivity index (χ1n) is 30.4. The monoisotopic (exact) mass is 1270 g/mol. The van der Waals surface area contributed by atoms with Crippen molar-refractivity contribution in [2.45, 2.75) is 27.7 Å². The van der Waals surface area contributed by atoms with E-state index in [-0.39, 0.29) is 22.8 Å². The molecule has 0 amide bonds. The lowest BCUT2D eigenvalue weighted by molar-refractivity contribution is -0.660. The number of hydrogen-bond acceptors (Lipinski definition) is 6. The van der Waals surface area contributed by atoms with Gasteiger partial charge in [0.25, 0.3) is 0 Å². The fourth-order valence-electron chi connectivity index (χ4n) is 12.7. The molecule has 0 aliphatic rings. The highest BCUT2D eigenvalue weighted by molar-refractivity contribution is 6.14. The second-order valence-electron chi connectivity index (χ2n) is 23.5. The fourth-order valence-corrected chi connectivity index (χ4v) is 12.7.